The Morgan fingerprint density at radius 1 is 1.06 bits per heavy atom. The summed E-state index contributed by atoms with van der Waals surface area (Å²) >= 11 is 0. The van der Waals surface area contributed by atoms with Crippen molar-refractivity contribution in [1.82, 2.24) is 4.98 Å². The largest absolute Gasteiger partial charge is 0.323 e. The van der Waals surface area contributed by atoms with Crippen molar-refractivity contribution in [3.8, 4) is 0 Å². The highest BCUT2D eigenvalue weighted by Crippen LogP contribution is 2.13. The molecule has 2 rings (SSSR count). The highest BCUT2D eigenvalue weighted by molar-refractivity contribution is 5.99. The molecule has 2 N–H and O–H groups in total. The van der Waals surface area contributed by atoms with Crippen molar-refractivity contribution < 1.29 is 9.18 Å². The number of benzene rings is 1. The van der Waals surface area contributed by atoms with E-state index in [4.69, 9.17) is 0 Å². The summed E-state index contributed by atoms with van der Waals surface area (Å²) in [7, 11) is 0. The molecule has 1 heterocycles. The molecule has 1 aromatic heterocycles. The molecule has 0 unspecified atom stereocenters. The van der Waals surface area contributed by atoms with E-state index in [2.05, 4.69) is 15.6 Å². The third-order valence-corrected chi connectivity index (χ3v) is 2.06. The first-order chi connectivity index (χ1) is 8.25. The molecule has 2 amide bonds. The number of para-hydroxylation sites is 1. The highest BCUT2D eigenvalue weighted by atomic mass is 19.1. The van der Waals surface area contributed by atoms with Gasteiger partial charge in [-0.05, 0) is 24.3 Å². The van der Waals surface area contributed by atoms with Crippen LogP contribution >= 0.6 is 0 Å². The Kier molecular flexibility index (Phi) is 3.30. The van der Waals surface area contributed by atoms with Crippen molar-refractivity contribution in [3.05, 3.63) is 54.6 Å². The van der Waals surface area contributed by atoms with E-state index in [1.165, 1.54) is 12.1 Å². The third-order valence-electron chi connectivity index (χ3n) is 2.06. The Bertz CT molecular complexity index is 516. The van der Waals surface area contributed by atoms with Gasteiger partial charge in [0.05, 0.1) is 5.69 Å². The molecular formula is C12H10FN3O. The van der Waals surface area contributed by atoms with Crippen LogP contribution in [-0.4, -0.2) is 11.0 Å². The number of urea groups is 1. The first kappa shape index (κ1) is 11.1. The van der Waals surface area contributed by atoms with E-state index in [-0.39, 0.29) is 5.69 Å². The number of anilines is 2. The zero-order chi connectivity index (χ0) is 12.1. The molecule has 0 saturated carbocycles. The molecule has 0 saturated heterocycles. The van der Waals surface area contributed by atoms with Gasteiger partial charge in [0.15, 0.2) is 0 Å². The van der Waals surface area contributed by atoms with E-state index < -0.39 is 11.8 Å². The lowest BCUT2D eigenvalue weighted by Gasteiger charge is -2.07. The molecule has 0 aliphatic carbocycles. The lowest BCUT2D eigenvalue weighted by Crippen LogP contribution is -2.20. The number of carbonyl (C=O) groups excluding carboxylic acids is 1. The summed E-state index contributed by atoms with van der Waals surface area (Å²) < 4.78 is 13.2. The second kappa shape index (κ2) is 5.07. The van der Waals surface area contributed by atoms with Crippen molar-refractivity contribution in [2.75, 3.05) is 10.6 Å². The molecule has 0 aliphatic heterocycles. The second-order valence-electron chi connectivity index (χ2n) is 3.29. The first-order valence-corrected chi connectivity index (χ1v) is 4.98. The number of pyridine rings is 1. The minimum Gasteiger partial charge on any atom is -0.308 e. The predicted molar refractivity (Wildman–Crippen MR) is 63.3 cm³/mol. The molecule has 5 heteroatoms. The standard InChI is InChI=1S/C12H10FN3O/c13-10-3-1-2-4-11(10)16-12(17)15-9-5-7-14-8-6-9/h1-8H,(H2,14,15,16,17). The number of hydrogen-bond donors (Lipinski definition) is 2. The summed E-state index contributed by atoms with van der Waals surface area (Å²) in [6.07, 6.45) is 3.11. The fourth-order valence-corrected chi connectivity index (χ4v) is 1.28. The van der Waals surface area contributed by atoms with E-state index in [0.29, 0.717) is 5.69 Å². The Balaban J connectivity index is 2.01. The van der Waals surface area contributed by atoms with Crippen LogP contribution in [0.1, 0.15) is 0 Å². The Morgan fingerprint density at radius 2 is 1.76 bits per heavy atom. The summed E-state index contributed by atoms with van der Waals surface area (Å²) in [5, 5.41) is 4.97. The van der Waals surface area contributed by atoms with Gasteiger partial charge in [0.1, 0.15) is 5.82 Å². The van der Waals surface area contributed by atoms with Crippen molar-refractivity contribution >= 4 is 17.4 Å². The van der Waals surface area contributed by atoms with E-state index >= 15 is 0 Å². The number of aromatic nitrogens is 1. The van der Waals surface area contributed by atoms with Crippen molar-refractivity contribution in [3.63, 3.8) is 0 Å². The van der Waals surface area contributed by atoms with Gasteiger partial charge in [0.2, 0.25) is 0 Å². The molecule has 0 atom stereocenters. The van der Waals surface area contributed by atoms with Gasteiger partial charge in [-0.1, -0.05) is 12.1 Å². The molecule has 2 aromatic rings. The van der Waals surface area contributed by atoms with E-state index in [9.17, 15) is 9.18 Å². The number of carbonyl (C=O) groups is 1. The highest BCUT2D eigenvalue weighted by Gasteiger charge is 2.05. The minimum absolute atomic E-state index is 0.138. The molecule has 86 valence electrons. The average molecular weight is 231 g/mol. The van der Waals surface area contributed by atoms with E-state index in [0.717, 1.165) is 0 Å². The SMILES string of the molecule is O=C(Nc1ccncc1)Nc1ccccc1F. The number of halogens is 1. The Morgan fingerprint density at radius 3 is 2.47 bits per heavy atom. The van der Waals surface area contributed by atoms with Crippen LogP contribution in [0.4, 0.5) is 20.6 Å². The number of nitrogens with zero attached hydrogens (tertiary/aromatic N) is 1. The summed E-state index contributed by atoms with van der Waals surface area (Å²) in [4.78, 5) is 15.3. The molecule has 0 radical (unpaired) electrons. The van der Waals surface area contributed by atoms with Crippen LogP contribution in [0.25, 0.3) is 0 Å². The third kappa shape index (κ3) is 3.01. The van der Waals surface area contributed by atoms with Gasteiger partial charge >= 0.3 is 6.03 Å². The van der Waals surface area contributed by atoms with Crippen molar-refractivity contribution in [2.45, 2.75) is 0 Å². The van der Waals surface area contributed by atoms with Crippen LogP contribution in [0.15, 0.2) is 48.8 Å². The fourth-order valence-electron chi connectivity index (χ4n) is 1.28. The van der Waals surface area contributed by atoms with Gasteiger partial charge in [0, 0.05) is 18.1 Å². The van der Waals surface area contributed by atoms with Crippen LogP contribution < -0.4 is 10.6 Å². The maximum absolute atomic E-state index is 13.2. The first-order valence-electron chi connectivity index (χ1n) is 4.98. The van der Waals surface area contributed by atoms with Crippen LogP contribution in [0, 0.1) is 5.82 Å². The monoisotopic (exact) mass is 231 g/mol. The van der Waals surface area contributed by atoms with Crippen LogP contribution in [0.3, 0.4) is 0 Å². The van der Waals surface area contributed by atoms with Gasteiger partial charge in [-0.2, -0.15) is 0 Å². The van der Waals surface area contributed by atoms with Gasteiger partial charge in [-0.3, -0.25) is 4.98 Å². The predicted octanol–water partition coefficient (Wildman–Crippen LogP) is 2.86. The van der Waals surface area contributed by atoms with Gasteiger partial charge in [-0.25, -0.2) is 9.18 Å². The van der Waals surface area contributed by atoms with Crippen LogP contribution in [0.2, 0.25) is 0 Å². The minimum atomic E-state index is -0.499. The van der Waals surface area contributed by atoms with Crippen molar-refractivity contribution in [1.29, 1.82) is 0 Å². The molecule has 1 aromatic carbocycles. The van der Waals surface area contributed by atoms with E-state index in [1.54, 1.807) is 36.7 Å². The Labute approximate surface area is 97.5 Å². The number of rotatable bonds is 2. The van der Waals surface area contributed by atoms with Gasteiger partial charge in [0.25, 0.3) is 0 Å². The fraction of sp³-hybridized carbons (Fsp3) is 0. The molecule has 0 fully saturated rings. The molecule has 0 bridgehead atoms. The molecule has 0 spiro atoms. The van der Waals surface area contributed by atoms with Gasteiger partial charge < -0.3 is 10.6 Å². The lowest BCUT2D eigenvalue weighted by atomic mass is 10.3. The topological polar surface area (TPSA) is 54.0 Å². The second-order valence-corrected chi connectivity index (χ2v) is 3.29. The molecule has 17 heavy (non-hydrogen) atoms. The normalized spacial score (nSPS) is 9.71. The zero-order valence-electron chi connectivity index (χ0n) is 8.85. The maximum atomic E-state index is 13.2. The summed E-state index contributed by atoms with van der Waals surface area (Å²) in [6.45, 7) is 0. The average Bonchev–Trinajstić information content (AvgIpc) is 2.33. The van der Waals surface area contributed by atoms with E-state index in [1.807, 2.05) is 0 Å². The van der Waals surface area contributed by atoms with Gasteiger partial charge in [-0.15, -0.1) is 0 Å². The van der Waals surface area contributed by atoms with Crippen LogP contribution in [0.5, 0.6) is 0 Å². The summed E-state index contributed by atoms with van der Waals surface area (Å²) in [6, 6.07) is 8.75. The quantitative estimate of drug-likeness (QED) is 0.834. The number of hydrogen-bond acceptors (Lipinski definition) is 2. The summed E-state index contributed by atoms with van der Waals surface area (Å²) in [5.41, 5.74) is 0.730. The number of nitrogens with one attached hydrogen (secondary N) is 2. The smallest absolute Gasteiger partial charge is 0.308 e. The maximum Gasteiger partial charge on any atom is 0.323 e. The molecule has 0 aliphatic rings. The molecule has 4 nitrogen and oxygen atoms in total. The van der Waals surface area contributed by atoms with Crippen molar-refractivity contribution in [2.24, 2.45) is 0 Å². The zero-order valence-corrected chi connectivity index (χ0v) is 8.85. The Hall–Kier alpha value is -2.43. The summed E-state index contributed by atoms with van der Waals surface area (Å²) in [5.74, 6) is -0.475. The molecular weight excluding hydrogens is 221 g/mol. The lowest BCUT2D eigenvalue weighted by molar-refractivity contribution is 0.262. The van der Waals surface area contributed by atoms with Crippen LogP contribution in [-0.2, 0) is 0 Å². The number of amides is 2.